The Morgan fingerprint density at radius 3 is 2.43 bits per heavy atom. The minimum absolute atomic E-state index is 0.174. The van der Waals surface area contributed by atoms with Gasteiger partial charge in [0.05, 0.1) is 12.0 Å². The lowest BCUT2D eigenvalue weighted by Crippen LogP contribution is -2.48. The molecule has 0 aliphatic carbocycles. The number of thioether (sulfide) groups is 1. The number of anilines is 1. The average Bonchev–Trinajstić information content (AvgIpc) is 3.09. The minimum Gasteiger partial charge on any atom is -0.496 e. The van der Waals surface area contributed by atoms with Crippen molar-refractivity contribution in [1.82, 2.24) is 4.90 Å². The molecule has 1 fully saturated rings. The number of rotatable bonds is 3. The van der Waals surface area contributed by atoms with Gasteiger partial charge in [-0.1, -0.05) is 36.4 Å². The van der Waals surface area contributed by atoms with E-state index in [1.165, 1.54) is 23.0 Å². The second-order valence-electron chi connectivity index (χ2n) is 6.81. The maximum Gasteiger partial charge on any atom is 0.286 e. The number of piperazine rings is 1. The van der Waals surface area contributed by atoms with Gasteiger partial charge in [-0.05, 0) is 42.5 Å². The maximum absolute atomic E-state index is 12.4. The third kappa shape index (κ3) is 3.78. The predicted octanol–water partition coefficient (Wildman–Crippen LogP) is 3.80. The Labute approximate surface area is 169 Å². The average molecular weight is 394 g/mol. The van der Waals surface area contributed by atoms with Gasteiger partial charge in [-0.2, -0.15) is 4.99 Å². The van der Waals surface area contributed by atoms with Gasteiger partial charge in [0.25, 0.3) is 5.91 Å². The highest BCUT2D eigenvalue weighted by Crippen LogP contribution is 2.33. The van der Waals surface area contributed by atoms with Crippen LogP contribution in [0.5, 0.6) is 5.75 Å². The number of aliphatic imine (C=N–C) groups is 1. The molecular weight excluding hydrogens is 370 g/mol. The van der Waals surface area contributed by atoms with Gasteiger partial charge in [-0.25, -0.2) is 0 Å². The first-order valence-electron chi connectivity index (χ1n) is 9.37. The lowest BCUT2D eigenvalue weighted by Gasteiger charge is -2.37. The molecule has 0 bridgehead atoms. The number of nitrogens with zero attached hydrogens (tertiary/aromatic N) is 3. The molecule has 0 saturated carbocycles. The summed E-state index contributed by atoms with van der Waals surface area (Å²) in [7, 11) is 1.64. The van der Waals surface area contributed by atoms with E-state index in [2.05, 4.69) is 46.0 Å². The van der Waals surface area contributed by atoms with Crippen molar-refractivity contribution in [2.24, 2.45) is 4.99 Å². The summed E-state index contributed by atoms with van der Waals surface area (Å²) in [6.07, 6.45) is 1.87. The van der Waals surface area contributed by atoms with Crippen molar-refractivity contribution in [1.29, 1.82) is 0 Å². The molecule has 0 spiro atoms. The van der Waals surface area contributed by atoms with Crippen LogP contribution in [-0.2, 0) is 4.79 Å². The molecule has 0 atom stereocenters. The monoisotopic (exact) mass is 393 g/mol. The zero-order valence-corrected chi connectivity index (χ0v) is 16.9. The van der Waals surface area contributed by atoms with Crippen molar-refractivity contribution < 1.29 is 9.53 Å². The topological polar surface area (TPSA) is 45.1 Å². The number of aryl methyl sites for hydroxylation is 1. The van der Waals surface area contributed by atoms with E-state index in [0.717, 1.165) is 42.7 Å². The molecule has 2 heterocycles. The highest BCUT2D eigenvalue weighted by Gasteiger charge is 2.29. The number of hydrogen-bond donors (Lipinski definition) is 0. The maximum atomic E-state index is 12.4. The van der Waals surface area contributed by atoms with Gasteiger partial charge in [0, 0.05) is 37.4 Å². The molecule has 2 aromatic carbocycles. The van der Waals surface area contributed by atoms with Crippen molar-refractivity contribution in [2.45, 2.75) is 6.92 Å². The third-order valence-electron chi connectivity index (χ3n) is 5.04. The normalized spacial score (nSPS) is 18.6. The van der Waals surface area contributed by atoms with E-state index in [4.69, 9.17) is 4.74 Å². The Morgan fingerprint density at radius 1 is 1.00 bits per heavy atom. The number of amides is 1. The molecule has 1 saturated heterocycles. The molecule has 0 aromatic heterocycles. The second-order valence-corrected chi connectivity index (χ2v) is 7.82. The Hall–Kier alpha value is -2.73. The standard InChI is InChI=1S/C22H23N3O2S/c1-16-7-3-5-9-18(16)24-11-13-25(14-12-24)22-23-21(26)20(28-22)15-17-8-4-6-10-19(17)27-2/h3-10,15H,11-14H2,1-2H3/b20-15+. The predicted molar refractivity (Wildman–Crippen MR) is 116 cm³/mol. The van der Waals surface area contributed by atoms with Crippen LogP contribution < -0.4 is 9.64 Å². The Kier molecular flexibility index (Phi) is 5.39. The van der Waals surface area contributed by atoms with Gasteiger partial charge in [-0.3, -0.25) is 4.79 Å². The first-order valence-corrected chi connectivity index (χ1v) is 10.2. The number of para-hydroxylation sites is 2. The summed E-state index contributed by atoms with van der Waals surface area (Å²) < 4.78 is 5.38. The quantitative estimate of drug-likeness (QED) is 0.743. The van der Waals surface area contributed by atoms with E-state index in [0.29, 0.717) is 4.91 Å². The van der Waals surface area contributed by atoms with E-state index < -0.39 is 0 Å². The number of carbonyl (C=O) groups is 1. The summed E-state index contributed by atoms with van der Waals surface area (Å²) in [6, 6.07) is 16.2. The SMILES string of the molecule is COc1ccccc1/C=C1/SC(N2CCN(c3ccccc3C)CC2)=NC1=O. The van der Waals surface area contributed by atoms with Crippen molar-refractivity contribution >= 4 is 34.6 Å². The Morgan fingerprint density at radius 2 is 1.68 bits per heavy atom. The number of benzene rings is 2. The highest BCUT2D eigenvalue weighted by atomic mass is 32.2. The van der Waals surface area contributed by atoms with Crippen LogP contribution >= 0.6 is 11.8 Å². The summed E-state index contributed by atoms with van der Waals surface area (Å²) in [5.74, 6) is 0.580. The smallest absolute Gasteiger partial charge is 0.286 e. The van der Waals surface area contributed by atoms with Crippen LogP contribution in [0.15, 0.2) is 58.4 Å². The fourth-order valence-electron chi connectivity index (χ4n) is 3.52. The van der Waals surface area contributed by atoms with E-state index in [1.54, 1.807) is 7.11 Å². The van der Waals surface area contributed by atoms with Gasteiger partial charge in [-0.15, -0.1) is 0 Å². The molecule has 0 N–H and O–H groups in total. The summed E-state index contributed by atoms with van der Waals surface area (Å²) >= 11 is 1.45. The van der Waals surface area contributed by atoms with E-state index >= 15 is 0 Å². The first-order chi connectivity index (χ1) is 13.7. The van der Waals surface area contributed by atoms with Crippen molar-refractivity contribution in [3.8, 4) is 5.75 Å². The second kappa shape index (κ2) is 8.10. The minimum atomic E-state index is -0.174. The fraction of sp³-hybridized carbons (Fsp3) is 0.273. The molecule has 2 aliphatic rings. The van der Waals surface area contributed by atoms with Crippen LogP contribution in [0.25, 0.3) is 6.08 Å². The van der Waals surface area contributed by atoms with Crippen molar-refractivity contribution in [3.63, 3.8) is 0 Å². The van der Waals surface area contributed by atoms with Gasteiger partial charge >= 0.3 is 0 Å². The number of methoxy groups -OCH3 is 1. The third-order valence-corrected chi connectivity index (χ3v) is 6.09. The zero-order chi connectivity index (χ0) is 19.5. The first kappa shape index (κ1) is 18.6. The lowest BCUT2D eigenvalue weighted by atomic mass is 10.1. The molecule has 5 nitrogen and oxygen atoms in total. The number of amidine groups is 1. The summed E-state index contributed by atoms with van der Waals surface area (Å²) in [5, 5.41) is 0.801. The fourth-order valence-corrected chi connectivity index (χ4v) is 4.47. The summed E-state index contributed by atoms with van der Waals surface area (Å²) in [4.78, 5) is 22.0. The largest absolute Gasteiger partial charge is 0.496 e. The molecule has 2 aromatic rings. The van der Waals surface area contributed by atoms with Gasteiger partial charge in [0.1, 0.15) is 5.75 Å². The molecule has 0 unspecified atom stereocenters. The van der Waals surface area contributed by atoms with Gasteiger partial charge in [0.15, 0.2) is 5.17 Å². The molecule has 2 aliphatic heterocycles. The van der Waals surface area contributed by atoms with E-state index in [9.17, 15) is 4.79 Å². The van der Waals surface area contributed by atoms with Gasteiger partial charge in [0.2, 0.25) is 0 Å². The van der Waals surface area contributed by atoms with Crippen molar-refractivity contribution in [2.75, 3.05) is 38.2 Å². The van der Waals surface area contributed by atoms with Gasteiger partial charge < -0.3 is 14.5 Å². The molecular formula is C22H23N3O2S. The summed E-state index contributed by atoms with van der Waals surface area (Å²) in [6.45, 7) is 5.70. The molecule has 0 radical (unpaired) electrons. The van der Waals surface area contributed by atoms with Crippen LogP contribution in [0.2, 0.25) is 0 Å². The van der Waals surface area contributed by atoms with E-state index in [1.807, 2.05) is 30.3 Å². The van der Waals surface area contributed by atoms with E-state index in [-0.39, 0.29) is 5.91 Å². The van der Waals surface area contributed by atoms with Crippen LogP contribution in [-0.4, -0.2) is 49.3 Å². The van der Waals surface area contributed by atoms with Crippen LogP contribution in [0.3, 0.4) is 0 Å². The van der Waals surface area contributed by atoms with Crippen LogP contribution in [0.4, 0.5) is 5.69 Å². The zero-order valence-electron chi connectivity index (χ0n) is 16.1. The van der Waals surface area contributed by atoms with Crippen LogP contribution in [0, 0.1) is 6.92 Å². The lowest BCUT2D eigenvalue weighted by molar-refractivity contribution is -0.113. The molecule has 6 heteroatoms. The molecule has 4 rings (SSSR count). The van der Waals surface area contributed by atoms with Crippen LogP contribution in [0.1, 0.15) is 11.1 Å². The summed E-state index contributed by atoms with van der Waals surface area (Å²) in [5.41, 5.74) is 3.47. The number of ether oxygens (including phenoxy) is 1. The number of hydrogen-bond acceptors (Lipinski definition) is 5. The Balaban J connectivity index is 1.43. The molecule has 1 amide bonds. The Bertz CT molecular complexity index is 946. The molecule has 144 valence electrons. The number of carbonyl (C=O) groups excluding carboxylic acids is 1. The highest BCUT2D eigenvalue weighted by molar-refractivity contribution is 8.18. The van der Waals surface area contributed by atoms with Crippen molar-refractivity contribution in [3.05, 3.63) is 64.6 Å². The molecule has 28 heavy (non-hydrogen) atoms.